The summed E-state index contributed by atoms with van der Waals surface area (Å²) in [5.41, 5.74) is 6.99. The average Bonchev–Trinajstić information content (AvgIpc) is 3.09. The lowest BCUT2D eigenvalue weighted by Crippen LogP contribution is -1.91. The molecule has 0 amide bonds. The fraction of sp³-hybridized carbons (Fsp3) is 0.0833. The molecule has 0 unspecified atom stereocenters. The summed E-state index contributed by atoms with van der Waals surface area (Å²) in [7, 11) is 1.56. The van der Waals surface area contributed by atoms with E-state index in [1.54, 1.807) is 37.7 Å². The van der Waals surface area contributed by atoms with Gasteiger partial charge in [0.25, 0.3) is 5.89 Å². The number of anilines is 1. The highest BCUT2D eigenvalue weighted by Crippen LogP contribution is 2.31. The molecule has 0 spiro atoms. The normalized spacial score (nSPS) is 10.6. The summed E-state index contributed by atoms with van der Waals surface area (Å²) in [4.78, 5) is 11.2. The van der Waals surface area contributed by atoms with E-state index in [4.69, 9.17) is 15.0 Å². The van der Waals surface area contributed by atoms with Crippen LogP contribution in [0.2, 0.25) is 0 Å². The first kappa shape index (κ1) is 11.3. The second-order valence-corrected chi connectivity index (χ2v) is 3.82. The second-order valence-electron chi connectivity index (χ2n) is 3.82. The van der Waals surface area contributed by atoms with Crippen molar-refractivity contribution in [1.29, 1.82) is 0 Å². The highest BCUT2D eigenvalue weighted by atomic mass is 16.5. The minimum atomic E-state index is 0.350. The second kappa shape index (κ2) is 4.45. The highest BCUT2D eigenvalue weighted by Gasteiger charge is 2.15. The number of nitrogens with one attached hydrogen (secondary N) is 1. The molecule has 0 saturated carbocycles. The van der Waals surface area contributed by atoms with E-state index >= 15 is 0 Å². The van der Waals surface area contributed by atoms with Gasteiger partial charge in [-0.05, 0) is 12.1 Å². The summed E-state index contributed by atoms with van der Waals surface area (Å²) < 4.78 is 10.5. The molecule has 0 aliphatic carbocycles. The lowest BCUT2D eigenvalue weighted by molar-refractivity contribution is 0.405. The van der Waals surface area contributed by atoms with Crippen molar-refractivity contribution < 1.29 is 9.26 Å². The van der Waals surface area contributed by atoms with Gasteiger partial charge in [-0.1, -0.05) is 5.16 Å². The van der Waals surface area contributed by atoms with Crippen LogP contribution < -0.4 is 10.5 Å². The third-order valence-corrected chi connectivity index (χ3v) is 2.59. The van der Waals surface area contributed by atoms with Crippen LogP contribution in [0.25, 0.3) is 23.1 Å². The zero-order valence-electron chi connectivity index (χ0n) is 10.1. The van der Waals surface area contributed by atoms with Crippen molar-refractivity contribution in [1.82, 2.24) is 20.1 Å². The van der Waals surface area contributed by atoms with Crippen molar-refractivity contribution in [2.45, 2.75) is 0 Å². The predicted molar refractivity (Wildman–Crippen MR) is 68.3 cm³/mol. The molecule has 0 bridgehead atoms. The molecule has 19 heavy (non-hydrogen) atoms. The maximum Gasteiger partial charge on any atom is 0.262 e. The fourth-order valence-electron chi connectivity index (χ4n) is 1.70. The largest absolute Gasteiger partial charge is 0.496 e. The Balaban J connectivity index is 2.03. The summed E-state index contributed by atoms with van der Waals surface area (Å²) in [6, 6.07) is 5.22. The van der Waals surface area contributed by atoms with E-state index in [9.17, 15) is 0 Å². The van der Waals surface area contributed by atoms with Crippen LogP contribution in [0.1, 0.15) is 0 Å². The third-order valence-electron chi connectivity index (χ3n) is 2.59. The number of methoxy groups -OCH3 is 1. The molecule has 96 valence electrons. The Morgan fingerprint density at radius 1 is 1.37 bits per heavy atom. The molecular formula is C12H11N5O2. The van der Waals surface area contributed by atoms with Gasteiger partial charge < -0.3 is 20.0 Å². The zero-order chi connectivity index (χ0) is 13.2. The highest BCUT2D eigenvalue weighted by molar-refractivity contribution is 5.67. The van der Waals surface area contributed by atoms with Crippen LogP contribution in [-0.2, 0) is 0 Å². The van der Waals surface area contributed by atoms with Gasteiger partial charge >= 0.3 is 0 Å². The molecule has 3 N–H and O–H groups in total. The molecule has 0 aliphatic rings. The number of aromatic amines is 1. The molecular weight excluding hydrogens is 246 g/mol. The number of nitrogen functional groups attached to an aromatic ring is 1. The molecule has 7 nitrogen and oxygen atoms in total. The van der Waals surface area contributed by atoms with E-state index in [0.29, 0.717) is 34.5 Å². The van der Waals surface area contributed by atoms with Crippen LogP contribution in [-0.4, -0.2) is 27.2 Å². The lowest BCUT2D eigenvalue weighted by atomic mass is 10.2. The van der Waals surface area contributed by atoms with Gasteiger partial charge in [0, 0.05) is 24.1 Å². The number of imidazole rings is 1. The van der Waals surface area contributed by atoms with Crippen LogP contribution in [0.4, 0.5) is 5.69 Å². The summed E-state index contributed by atoms with van der Waals surface area (Å²) >= 11 is 0. The molecule has 7 heteroatoms. The molecule has 3 rings (SSSR count). The van der Waals surface area contributed by atoms with E-state index in [2.05, 4.69) is 20.1 Å². The Morgan fingerprint density at radius 2 is 2.26 bits per heavy atom. The Morgan fingerprint density at radius 3 is 3.00 bits per heavy atom. The van der Waals surface area contributed by atoms with Crippen molar-refractivity contribution >= 4 is 5.69 Å². The van der Waals surface area contributed by atoms with Gasteiger partial charge in [0.15, 0.2) is 5.82 Å². The number of hydrogen-bond acceptors (Lipinski definition) is 6. The minimum Gasteiger partial charge on any atom is -0.496 e. The molecule has 0 fully saturated rings. The van der Waals surface area contributed by atoms with Crippen molar-refractivity contribution in [3.8, 4) is 28.9 Å². The number of benzene rings is 1. The summed E-state index contributed by atoms with van der Waals surface area (Å²) in [6.45, 7) is 0. The molecule has 2 aromatic heterocycles. The van der Waals surface area contributed by atoms with Crippen LogP contribution in [0.15, 0.2) is 35.1 Å². The fourth-order valence-corrected chi connectivity index (χ4v) is 1.70. The topological polar surface area (TPSA) is 103 Å². The van der Waals surface area contributed by atoms with E-state index in [-0.39, 0.29) is 0 Å². The van der Waals surface area contributed by atoms with Gasteiger partial charge in [-0.15, -0.1) is 0 Å². The van der Waals surface area contributed by atoms with Crippen molar-refractivity contribution in [2.75, 3.05) is 12.8 Å². The molecule has 1 aromatic carbocycles. The standard InChI is InChI=1S/C12H11N5O2/c1-18-9-6-7(13)2-3-8(9)12-16-11(17-19-12)10-14-4-5-15-10/h2-6H,13H2,1H3,(H,14,15). The number of rotatable bonds is 3. The van der Waals surface area contributed by atoms with Gasteiger partial charge in [0.1, 0.15) is 5.75 Å². The summed E-state index contributed by atoms with van der Waals surface area (Å²) in [6.07, 6.45) is 3.31. The van der Waals surface area contributed by atoms with E-state index in [0.717, 1.165) is 0 Å². The SMILES string of the molecule is COc1cc(N)ccc1-c1nc(-c2ncc[nH]2)no1. The van der Waals surface area contributed by atoms with Crippen LogP contribution >= 0.6 is 0 Å². The van der Waals surface area contributed by atoms with Crippen LogP contribution in [0.3, 0.4) is 0 Å². The van der Waals surface area contributed by atoms with Gasteiger partial charge in [-0.2, -0.15) is 4.98 Å². The molecule has 0 radical (unpaired) electrons. The monoisotopic (exact) mass is 257 g/mol. The summed E-state index contributed by atoms with van der Waals surface area (Å²) in [5.74, 6) is 1.86. The number of nitrogens with zero attached hydrogens (tertiary/aromatic N) is 3. The van der Waals surface area contributed by atoms with Crippen molar-refractivity contribution in [3.05, 3.63) is 30.6 Å². The van der Waals surface area contributed by atoms with Crippen LogP contribution in [0, 0.1) is 0 Å². The predicted octanol–water partition coefficient (Wildman–Crippen LogP) is 1.72. The zero-order valence-corrected chi connectivity index (χ0v) is 10.1. The number of aromatic nitrogens is 4. The first-order valence-corrected chi connectivity index (χ1v) is 5.55. The van der Waals surface area contributed by atoms with Gasteiger partial charge in [0.2, 0.25) is 5.82 Å². The Bertz CT molecular complexity index is 690. The maximum atomic E-state index is 5.70. The number of hydrogen-bond donors (Lipinski definition) is 2. The first-order valence-electron chi connectivity index (χ1n) is 5.55. The van der Waals surface area contributed by atoms with Gasteiger partial charge in [-0.25, -0.2) is 4.98 Å². The Kier molecular flexibility index (Phi) is 2.64. The number of H-pyrrole nitrogens is 1. The third kappa shape index (κ3) is 2.01. The van der Waals surface area contributed by atoms with Crippen LogP contribution in [0.5, 0.6) is 5.75 Å². The molecule has 3 aromatic rings. The Labute approximate surface area is 108 Å². The molecule has 0 atom stereocenters. The number of nitrogens with two attached hydrogens (primary N) is 1. The maximum absolute atomic E-state index is 5.70. The number of ether oxygens (including phenoxy) is 1. The molecule has 0 saturated heterocycles. The van der Waals surface area contributed by atoms with E-state index < -0.39 is 0 Å². The van der Waals surface area contributed by atoms with Crippen molar-refractivity contribution in [2.24, 2.45) is 0 Å². The minimum absolute atomic E-state index is 0.350. The lowest BCUT2D eigenvalue weighted by Gasteiger charge is -2.05. The first-order chi connectivity index (χ1) is 9.28. The van der Waals surface area contributed by atoms with E-state index in [1.807, 2.05) is 0 Å². The van der Waals surface area contributed by atoms with Gasteiger partial charge in [0.05, 0.1) is 12.7 Å². The average molecular weight is 257 g/mol. The molecule has 0 aliphatic heterocycles. The van der Waals surface area contributed by atoms with Crippen molar-refractivity contribution in [3.63, 3.8) is 0 Å². The summed E-state index contributed by atoms with van der Waals surface area (Å²) in [5, 5.41) is 3.87. The molecule has 2 heterocycles. The quantitative estimate of drug-likeness (QED) is 0.692. The van der Waals surface area contributed by atoms with Gasteiger partial charge in [-0.3, -0.25) is 0 Å². The van der Waals surface area contributed by atoms with E-state index in [1.165, 1.54) is 0 Å². The smallest absolute Gasteiger partial charge is 0.262 e. The Hall–Kier alpha value is -2.83.